The van der Waals surface area contributed by atoms with E-state index in [9.17, 15) is 4.39 Å². The number of nitrogens with one attached hydrogen (secondary N) is 2. The maximum atomic E-state index is 14.1. The molecule has 3 nitrogen and oxygen atoms in total. The van der Waals surface area contributed by atoms with Crippen LogP contribution in [0, 0.1) is 11.7 Å². The Hall–Kier alpha value is -1.17. The summed E-state index contributed by atoms with van der Waals surface area (Å²) in [7, 11) is 0.503. The molecule has 5 heteroatoms. The molecule has 3 rings (SSSR count). The zero-order valence-electron chi connectivity index (χ0n) is 21.1. The van der Waals surface area contributed by atoms with Gasteiger partial charge in [0.05, 0.1) is 6.61 Å². The van der Waals surface area contributed by atoms with Crippen LogP contribution in [0.15, 0.2) is 18.2 Å². The molecule has 1 aromatic heterocycles. The van der Waals surface area contributed by atoms with E-state index in [1.54, 1.807) is 12.1 Å². The molecule has 1 aliphatic carbocycles. The van der Waals surface area contributed by atoms with Gasteiger partial charge in [-0.25, -0.2) is 4.39 Å². The van der Waals surface area contributed by atoms with Gasteiger partial charge in [-0.2, -0.15) is 0 Å². The smallest absolute Gasteiger partial charge is 0.123 e. The van der Waals surface area contributed by atoms with Gasteiger partial charge in [0.1, 0.15) is 13.9 Å². The van der Waals surface area contributed by atoms with Gasteiger partial charge in [0.15, 0.2) is 0 Å². The van der Waals surface area contributed by atoms with Crippen LogP contribution in [0.4, 0.5) is 4.39 Å². The van der Waals surface area contributed by atoms with Crippen LogP contribution in [-0.4, -0.2) is 32.3 Å². The topological polar surface area (TPSA) is 37.0 Å². The number of H-pyrrole nitrogens is 1. The van der Waals surface area contributed by atoms with E-state index in [1.165, 1.54) is 74.0 Å². The number of halogens is 1. The van der Waals surface area contributed by atoms with Gasteiger partial charge < -0.3 is 15.0 Å². The molecule has 0 bridgehead atoms. The normalized spacial score (nSPS) is 22.0. The predicted molar refractivity (Wildman–Crippen MR) is 138 cm³/mol. The fourth-order valence-corrected chi connectivity index (χ4v) is 9.78. The second kappa shape index (κ2) is 11.3. The standard InChI is InChI=1S/C27H45FN2OSi/c1-6-10-15-27(29-5)16-13-21(14-17-27)19-31-20-24-23-18-22(28)11-12-25(23)30-26(24)32(7-2,8-3)9-4/h11-12,18,21,29-30H,6-10,13-17,19-20H2,1-5H3. The number of hydrogen-bond donors (Lipinski definition) is 2. The number of rotatable bonds is 12. The van der Waals surface area contributed by atoms with Crippen LogP contribution in [0.25, 0.3) is 10.9 Å². The fraction of sp³-hybridized carbons (Fsp3) is 0.704. The summed E-state index contributed by atoms with van der Waals surface area (Å²) in [6.45, 7) is 10.7. The molecule has 2 aromatic rings. The van der Waals surface area contributed by atoms with Crippen LogP contribution in [0.1, 0.15) is 78.2 Å². The van der Waals surface area contributed by atoms with Crippen LogP contribution in [0.5, 0.6) is 0 Å². The summed E-state index contributed by atoms with van der Waals surface area (Å²) in [5.74, 6) is 0.470. The fourth-order valence-electron chi connectivity index (χ4n) is 5.97. The Labute approximate surface area is 195 Å². The molecule has 1 aliphatic rings. The van der Waals surface area contributed by atoms with Gasteiger partial charge in [-0.05, 0) is 63.3 Å². The Morgan fingerprint density at radius 3 is 2.41 bits per heavy atom. The summed E-state index contributed by atoms with van der Waals surface area (Å²) in [6, 6.07) is 8.77. The number of hydrogen-bond acceptors (Lipinski definition) is 2. The minimum Gasteiger partial charge on any atom is -0.376 e. The quantitative estimate of drug-likeness (QED) is 0.339. The van der Waals surface area contributed by atoms with E-state index in [1.807, 2.05) is 6.07 Å². The highest BCUT2D eigenvalue weighted by Gasteiger charge is 2.35. The van der Waals surface area contributed by atoms with Crippen molar-refractivity contribution >= 4 is 24.3 Å². The number of ether oxygens (including phenoxy) is 1. The van der Waals surface area contributed by atoms with Crippen molar-refractivity contribution in [1.29, 1.82) is 0 Å². The van der Waals surface area contributed by atoms with Gasteiger partial charge >= 0.3 is 0 Å². The summed E-state index contributed by atoms with van der Waals surface area (Å²) in [5, 5.41) is 6.05. The molecule has 1 fully saturated rings. The van der Waals surface area contributed by atoms with E-state index in [-0.39, 0.29) is 5.82 Å². The molecular weight excluding hydrogens is 415 g/mol. The van der Waals surface area contributed by atoms with Crippen molar-refractivity contribution in [3.63, 3.8) is 0 Å². The van der Waals surface area contributed by atoms with Crippen LogP contribution in [0.3, 0.4) is 0 Å². The Balaban J connectivity index is 1.71. The third-order valence-electron chi connectivity index (χ3n) is 8.63. The molecule has 0 amide bonds. The predicted octanol–water partition coefficient (Wildman–Crippen LogP) is 6.88. The van der Waals surface area contributed by atoms with Crippen molar-refractivity contribution in [2.45, 2.75) is 103 Å². The molecule has 0 aliphatic heterocycles. The molecule has 0 radical (unpaired) electrons. The SMILES string of the molecule is CCCCC1(NC)CCC(COCc2c([Si](CC)(CC)CC)[nH]c3ccc(F)cc23)CC1. The minimum absolute atomic E-state index is 0.163. The lowest BCUT2D eigenvalue weighted by molar-refractivity contribution is 0.0582. The van der Waals surface area contributed by atoms with Crippen molar-refractivity contribution in [3.8, 4) is 0 Å². The molecule has 1 aromatic carbocycles. The molecular formula is C27H45FN2OSi. The van der Waals surface area contributed by atoms with Crippen LogP contribution in [-0.2, 0) is 11.3 Å². The first kappa shape index (κ1) is 25.4. The first-order valence-electron chi connectivity index (χ1n) is 13.0. The maximum Gasteiger partial charge on any atom is 0.123 e. The number of aromatic nitrogens is 1. The van der Waals surface area contributed by atoms with Crippen LogP contribution < -0.4 is 10.6 Å². The zero-order chi connectivity index (χ0) is 23.2. The molecule has 0 spiro atoms. The second-order valence-electron chi connectivity index (χ2n) is 10.1. The Bertz CT molecular complexity index is 844. The highest BCUT2D eigenvalue weighted by atomic mass is 28.3. The van der Waals surface area contributed by atoms with E-state index in [2.05, 4.69) is 45.0 Å². The van der Waals surface area contributed by atoms with Gasteiger partial charge in [0, 0.05) is 33.9 Å². The Morgan fingerprint density at radius 1 is 1.12 bits per heavy atom. The van der Waals surface area contributed by atoms with Crippen molar-refractivity contribution in [3.05, 3.63) is 29.6 Å². The number of benzene rings is 1. The molecule has 0 atom stereocenters. The Morgan fingerprint density at radius 2 is 1.81 bits per heavy atom. The first-order valence-corrected chi connectivity index (χ1v) is 15.7. The largest absolute Gasteiger partial charge is 0.376 e. The zero-order valence-corrected chi connectivity index (χ0v) is 22.1. The van der Waals surface area contributed by atoms with E-state index in [4.69, 9.17) is 4.74 Å². The third kappa shape index (κ3) is 5.31. The lowest BCUT2D eigenvalue weighted by Crippen LogP contribution is -2.48. The minimum atomic E-state index is -1.63. The number of fused-ring (bicyclic) bond motifs is 1. The highest BCUT2D eigenvalue weighted by molar-refractivity contribution is 6.91. The van der Waals surface area contributed by atoms with E-state index >= 15 is 0 Å². The molecule has 180 valence electrons. The van der Waals surface area contributed by atoms with Crippen molar-refractivity contribution in [1.82, 2.24) is 10.3 Å². The summed E-state index contributed by atoms with van der Waals surface area (Å²) in [4.78, 5) is 3.72. The molecule has 1 heterocycles. The van der Waals surface area contributed by atoms with Gasteiger partial charge in [-0.3, -0.25) is 0 Å². The Kier molecular flexibility index (Phi) is 8.99. The average Bonchev–Trinajstić information content (AvgIpc) is 3.18. The van der Waals surface area contributed by atoms with Crippen molar-refractivity contribution in [2.24, 2.45) is 5.92 Å². The van der Waals surface area contributed by atoms with Gasteiger partial charge in [-0.1, -0.05) is 58.7 Å². The van der Waals surface area contributed by atoms with Crippen LogP contribution in [0.2, 0.25) is 18.1 Å². The molecule has 2 N–H and O–H groups in total. The molecule has 32 heavy (non-hydrogen) atoms. The highest BCUT2D eigenvalue weighted by Crippen LogP contribution is 2.36. The van der Waals surface area contributed by atoms with Gasteiger partial charge in [0.2, 0.25) is 0 Å². The van der Waals surface area contributed by atoms with E-state index in [0.29, 0.717) is 18.1 Å². The summed E-state index contributed by atoms with van der Waals surface area (Å²) in [6.07, 6.45) is 8.82. The number of unbranched alkanes of at least 4 members (excludes halogenated alkanes) is 1. The molecule has 1 saturated carbocycles. The van der Waals surface area contributed by atoms with E-state index < -0.39 is 8.07 Å². The summed E-state index contributed by atoms with van der Waals surface area (Å²) < 4.78 is 20.5. The van der Waals surface area contributed by atoms with Crippen molar-refractivity contribution < 1.29 is 9.13 Å². The van der Waals surface area contributed by atoms with Gasteiger partial charge in [-0.15, -0.1) is 0 Å². The molecule has 0 saturated heterocycles. The third-order valence-corrected chi connectivity index (χ3v) is 14.2. The lowest BCUT2D eigenvalue weighted by Gasteiger charge is -2.40. The average molecular weight is 461 g/mol. The summed E-state index contributed by atoms with van der Waals surface area (Å²) >= 11 is 0. The lowest BCUT2D eigenvalue weighted by atomic mass is 9.74. The monoisotopic (exact) mass is 460 g/mol. The maximum absolute atomic E-state index is 14.1. The van der Waals surface area contributed by atoms with Gasteiger partial charge in [0.25, 0.3) is 0 Å². The van der Waals surface area contributed by atoms with Crippen molar-refractivity contribution in [2.75, 3.05) is 13.7 Å². The second-order valence-corrected chi connectivity index (χ2v) is 15.3. The van der Waals surface area contributed by atoms with Crippen LogP contribution >= 0.6 is 0 Å². The first-order chi connectivity index (χ1) is 15.5. The number of aromatic amines is 1. The van der Waals surface area contributed by atoms with E-state index in [0.717, 1.165) is 17.5 Å². The molecule has 0 unspecified atom stereocenters. The summed E-state index contributed by atoms with van der Waals surface area (Å²) in [5.41, 5.74) is 2.61.